The number of rotatable bonds is 4. The number of carbonyl (C=O) groups excluding carboxylic acids is 2. The minimum Gasteiger partial charge on any atom is -0.436 e. The minimum atomic E-state index is -0.949. The smallest absolute Gasteiger partial charge is 0.254 e. The van der Waals surface area contributed by atoms with Crippen molar-refractivity contribution in [2.24, 2.45) is 5.73 Å². The Morgan fingerprint density at radius 3 is 2.61 bits per heavy atom. The molecule has 1 aliphatic rings. The zero-order valence-electron chi connectivity index (χ0n) is 15.3. The lowest BCUT2D eigenvalue weighted by atomic mass is 9.93. The molecule has 1 aliphatic carbocycles. The fourth-order valence-corrected chi connectivity index (χ4v) is 3.81. The molecule has 7 heteroatoms. The molecule has 3 aromatic rings. The molecule has 0 spiro atoms. The number of benzene rings is 2. The van der Waals surface area contributed by atoms with Gasteiger partial charge in [-0.2, -0.15) is 0 Å². The molecule has 1 heterocycles. The first-order valence-electron chi connectivity index (χ1n) is 8.97. The van der Waals surface area contributed by atoms with Crippen molar-refractivity contribution >= 4 is 34.5 Å². The summed E-state index contributed by atoms with van der Waals surface area (Å²) in [5.41, 5.74) is 7.19. The SMILES string of the molecule is CN(C(=O)c1ccc(-c2nc3cc(Cl)ccc3o2)cc1)[C@]1(C(N)=O)C[CH]CC1. The second-order valence-corrected chi connectivity index (χ2v) is 7.44. The summed E-state index contributed by atoms with van der Waals surface area (Å²) in [6.07, 6.45) is 3.79. The van der Waals surface area contributed by atoms with E-state index in [0.29, 0.717) is 40.4 Å². The molecule has 1 radical (unpaired) electrons. The third kappa shape index (κ3) is 3.03. The van der Waals surface area contributed by atoms with Crippen molar-refractivity contribution in [3.8, 4) is 11.5 Å². The molecule has 28 heavy (non-hydrogen) atoms. The van der Waals surface area contributed by atoms with Gasteiger partial charge in [0, 0.05) is 23.2 Å². The number of carbonyl (C=O) groups is 2. The van der Waals surface area contributed by atoms with Gasteiger partial charge in [0.1, 0.15) is 11.1 Å². The van der Waals surface area contributed by atoms with Crippen LogP contribution >= 0.6 is 11.6 Å². The Morgan fingerprint density at radius 1 is 1.21 bits per heavy atom. The van der Waals surface area contributed by atoms with Gasteiger partial charge in [-0.1, -0.05) is 11.6 Å². The van der Waals surface area contributed by atoms with Gasteiger partial charge < -0.3 is 15.1 Å². The Hall–Kier alpha value is -2.86. The van der Waals surface area contributed by atoms with E-state index in [1.807, 2.05) is 6.42 Å². The van der Waals surface area contributed by atoms with Gasteiger partial charge in [-0.25, -0.2) is 4.98 Å². The van der Waals surface area contributed by atoms with Crippen LogP contribution in [0.3, 0.4) is 0 Å². The highest BCUT2D eigenvalue weighted by Crippen LogP contribution is 2.35. The van der Waals surface area contributed by atoms with Crippen LogP contribution in [0, 0.1) is 6.42 Å². The van der Waals surface area contributed by atoms with Gasteiger partial charge in [0.25, 0.3) is 5.91 Å². The first-order chi connectivity index (χ1) is 13.4. The molecule has 143 valence electrons. The molecule has 2 amide bonds. The molecule has 0 bridgehead atoms. The van der Waals surface area contributed by atoms with E-state index in [-0.39, 0.29) is 5.91 Å². The molecule has 1 aromatic heterocycles. The topological polar surface area (TPSA) is 89.4 Å². The third-order valence-corrected chi connectivity index (χ3v) is 5.61. The number of likely N-dealkylation sites (N-methyl/N-ethyl adjacent to an activating group) is 1. The van der Waals surface area contributed by atoms with Crippen LogP contribution in [-0.2, 0) is 4.79 Å². The zero-order chi connectivity index (χ0) is 19.9. The Kier molecular flexibility index (Phi) is 4.59. The van der Waals surface area contributed by atoms with Gasteiger partial charge in [0.15, 0.2) is 5.58 Å². The molecule has 2 aromatic carbocycles. The number of hydrogen-bond acceptors (Lipinski definition) is 4. The van der Waals surface area contributed by atoms with Crippen molar-refractivity contribution < 1.29 is 14.0 Å². The van der Waals surface area contributed by atoms with E-state index in [2.05, 4.69) is 4.98 Å². The lowest BCUT2D eigenvalue weighted by molar-refractivity contribution is -0.127. The van der Waals surface area contributed by atoms with Gasteiger partial charge in [0.2, 0.25) is 11.8 Å². The predicted octanol–water partition coefficient (Wildman–Crippen LogP) is 3.83. The lowest BCUT2D eigenvalue weighted by Gasteiger charge is -2.36. The van der Waals surface area contributed by atoms with Crippen LogP contribution in [0.1, 0.15) is 29.6 Å². The number of aromatic nitrogens is 1. The standard InChI is InChI=1S/C21H19ClN3O3/c1-25(21(20(23)27)10-2-3-11-21)19(26)14-6-4-13(5-7-14)18-24-16-12-15(22)8-9-17(16)28-18/h2,4-9,12H,3,10-11H2,1H3,(H2,23,27)/t21-/m1/s1. The maximum Gasteiger partial charge on any atom is 0.254 e. The number of nitrogens with two attached hydrogens (primary N) is 1. The third-order valence-electron chi connectivity index (χ3n) is 5.38. The van der Waals surface area contributed by atoms with Crippen molar-refractivity contribution in [2.75, 3.05) is 7.05 Å². The monoisotopic (exact) mass is 396 g/mol. The van der Waals surface area contributed by atoms with E-state index >= 15 is 0 Å². The predicted molar refractivity (Wildman–Crippen MR) is 107 cm³/mol. The number of fused-ring (bicyclic) bond motifs is 1. The van der Waals surface area contributed by atoms with E-state index in [0.717, 1.165) is 12.0 Å². The van der Waals surface area contributed by atoms with Crippen molar-refractivity contribution in [1.82, 2.24) is 9.88 Å². The first kappa shape index (κ1) is 18.5. The molecular weight excluding hydrogens is 378 g/mol. The second kappa shape index (κ2) is 6.95. The van der Waals surface area contributed by atoms with E-state index in [4.69, 9.17) is 21.8 Å². The second-order valence-electron chi connectivity index (χ2n) is 7.00. The van der Waals surface area contributed by atoms with Crippen molar-refractivity contribution in [2.45, 2.75) is 24.8 Å². The quantitative estimate of drug-likeness (QED) is 0.725. The van der Waals surface area contributed by atoms with Crippen LogP contribution in [0.2, 0.25) is 5.02 Å². The zero-order valence-corrected chi connectivity index (χ0v) is 16.1. The summed E-state index contributed by atoms with van der Waals surface area (Å²) in [5, 5.41) is 0.587. The van der Waals surface area contributed by atoms with Crippen molar-refractivity contribution in [3.63, 3.8) is 0 Å². The molecule has 1 atom stereocenters. The van der Waals surface area contributed by atoms with Gasteiger partial charge in [-0.05, 0) is 68.1 Å². The van der Waals surface area contributed by atoms with Crippen molar-refractivity contribution in [3.05, 3.63) is 59.5 Å². The highest BCUT2D eigenvalue weighted by atomic mass is 35.5. The Bertz CT molecular complexity index is 1050. The van der Waals surface area contributed by atoms with Gasteiger partial charge in [0.05, 0.1) is 0 Å². The van der Waals surface area contributed by atoms with Crippen LogP contribution in [0.5, 0.6) is 0 Å². The molecule has 0 unspecified atom stereocenters. The summed E-state index contributed by atoms with van der Waals surface area (Å²) < 4.78 is 5.76. The number of oxazole rings is 1. The molecular formula is C21H19ClN3O3. The summed E-state index contributed by atoms with van der Waals surface area (Å²) in [4.78, 5) is 30.9. The largest absolute Gasteiger partial charge is 0.436 e. The highest BCUT2D eigenvalue weighted by molar-refractivity contribution is 6.31. The van der Waals surface area contributed by atoms with Gasteiger partial charge in [-0.15, -0.1) is 0 Å². The molecule has 0 aliphatic heterocycles. The molecule has 4 rings (SSSR count). The minimum absolute atomic E-state index is 0.245. The average molecular weight is 397 g/mol. The molecule has 1 saturated carbocycles. The maximum atomic E-state index is 12.9. The summed E-state index contributed by atoms with van der Waals surface area (Å²) in [7, 11) is 1.63. The molecule has 6 nitrogen and oxygen atoms in total. The van der Waals surface area contributed by atoms with Crippen LogP contribution in [0.4, 0.5) is 0 Å². The van der Waals surface area contributed by atoms with Gasteiger partial charge >= 0.3 is 0 Å². The fraction of sp³-hybridized carbons (Fsp3) is 0.238. The average Bonchev–Trinajstić information content (AvgIpc) is 3.34. The lowest BCUT2D eigenvalue weighted by Crippen LogP contribution is -2.56. The van der Waals surface area contributed by atoms with Crippen LogP contribution in [-0.4, -0.2) is 34.3 Å². The first-order valence-corrected chi connectivity index (χ1v) is 9.35. The Labute approximate surface area is 167 Å². The number of amides is 2. The number of nitrogens with zero attached hydrogens (tertiary/aromatic N) is 2. The van der Waals surface area contributed by atoms with Gasteiger partial charge in [-0.3, -0.25) is 9.59 Å². The highest BCUT2D eigenvalue weighted by Gasteiger charge is 2.45. The Morgan fingerprint density at radius 2 is 1.96 bits per heavy atom. The van der Waals surface area contributed by atoms with Crippen LogP contribution in [0.25, 0.3) is 22.6 Å². The summed E-state index contributed by atoms with van der Waals surface area (Å²) in [5.74, 6) is -0.271. The normalized spacial score (nSPS) is 15.6. The fourth-order valence-electron chi connectivity index (χ4n) is 3.64. The Balaban J connectivity index is 1.60. The molecule has 1 fully saturated rings. The van der Waals surface area contributed by atoms with Crippen molar-refractivity contribution in [1.29, 1.82) is 0 Å². The molecule has 0 saturated heterocycles. The summed E-state index contributed by atoms with van der Waals surface area (Å²) >= 11 is 5.99. The number of hydrogen-bond donors (Lipinski definition) is 1. The number of primary amides is 1. The van der Waals surface area contributed by atoms with E-state index in [9.17, 15) is 9.59 Å². The molecule has 2 N–H and O–H groups in total. The van der Waals surface area contributed by atoms with E-state index < -0.39 is 11.4 Å². The summed E-state index contributed by atoms with van der Waals surface area (Å²) in [6.45, 7) is 0. The van der Waals surface area contributed by atoms with Crippen LogP contribution < -0.4 is 5.73 Å². The number of halogens is 1. The van der Waals surface area contributed by atoms with Crippen LogP contribution in [0.15, 0.2) is 46.9 Å². The van der Waals surface area contributed by atoms with E-state index in [1.165, 1.54) is 4.90 Å². The maximum absolute atomic E-state index is 12.9. The summed E-state index contributed by atoms with van der Waals surface area (Å²) in [6, 6.07) is 12.2. The van der Waals surface area contributed by atoms with E-state index in [1.54, 1.807) is 49.5 Å².